The average molecular weight is 363 g/mol. The second-order valence-electron chi connectivity index (χ2n) is 6.43. The summed E-state index contributed by atoms with van der Waals surface area (Å²) >= 11 is 3.11. The molecule has 0 aromatic carbocycles. The van der Waals surface area contributed by atoms with E-state index in [0.717, 1.165) is 47.9 Å². The van der Waals surface area contributed by atoms with E-state index in [1.807, 2.05) is 35.4 Å². The number of thiophene rings is 2. The number of hydrogen-bond acceptors (Lipinski definition) is 4. The zero-order valence-electron chi connectivity index (χ0n) is 13.9. The SMILES string of the molecule is Cc1cscc1C(=O)NC1CCC(NC(=O)c2cscc2C)CC1. The summed E-state index contributed by atoms with van der Waals surface area (Å²) in [6.07, 6.45) is 3.62. The lowest BCUT2D eigenvalue weighted by atomic mass is 9.90. The minimum atomic E-state index is 0.0233. The molecule has 0 bridgehead atoms. The summed E-state index contributed by atoms with van der Waals surface area (Å²) in [6.45, 7) is 3.93. The van der Waals surface area contributed by atoms with Crippen molar-refractivity contribution >= 4 is 34.5 Å². The van der Waals surface area contributed by atoms with Crippen LogP contribution in [0.3, 0.4) is 0 Å². The van der Waals surface area contributed by atoms with Crippen LogP contribution in [0, 0.1) is 13.8 Å². The van der Waals surface area contributed by atoms with Crippen LogP contribution < -0.4 is 10.6 Å². The van der Waals surface area contributed by atoms with Crippen LogP contribution in [0.5, 0.6) is 0 Å². The summed E-state index contributed by atoms with van der Waals surface area (Å²) in [5.74, 6) is 0.0465. The van der Waals surface area contributed by atoms with Crippen molar-refractivity contribution in [1.82, 2.24) is 10.6 Å². The van der Waals surface area contributed by atoms with Crippen LogP contribution in [0.15, 0.2) is 21.5 Å². The van der Waals surface area contributed by atoms with Gasteiger partial charge in [-0.15, -0.1) is 0 Å². The maximum Gasteiger partial charge on any atom is 0.252 e. The highest BCUT2D eigenvalue weighted by Gasteiger charge is 2.25. The Kier molecular flexibility index (Phi) is 5.36. The first-order valence-electron chi connectivity index (χ1n) is 8.22. The molecule has 2 aromatic rings. The maximum absolute atomic E-state index is 12.3. The summed E-state index contributed by atoms with van der Waals surface area (Å²) < 4.78 is 0. The van der Waals surface area contributed by atoms with Crippen LogP contribution in [0.25, 0.3) is 0 Å². The standard InChI is InChI=1S/C18H22N2O2S2/c1-11-7-23-9-15(11)17(21)19-13-3-5-14(6-4-13)20-18(22)16-10-24-8-12(16)2/h7-10,13-14H,3-6H2,1-2H3,(H,19,21)(H,20,22). The van der Waals surface area contributed by atoms with E-state index in [-0.39, 0.29) is 23.9 Å². The molecule has 2 heterocycles. The van der Waals surface area contributed by atoms with E-state index in [1.165, 1.54) is 0 Å². The first-order chi connectivity index (χ1) is 11.5. The molecule has 1 aliphatic rings. The van der Waals surface area contributed by atoms with Crippen molar-refractivity contribution in [3.05, 3.63) is 43.8 Å². The first kappa shape index (κ1) is 17.2. The number of hydrogen-bond donors (Lipinski definition) is 2. The van der Waals surface area contributed by atoms with Gasteiger partial charge in [0.15, 0.2) is 0 Å². The van der Waals surface area contributed by atoms with E-state index < -0.39 is 0 Å². The van der Waals surface area contributed by atoms with Crippen LogP contribution in [-0.4, -0.2) is 23.9 Å². The second kappa shape index (κ2) is 7.49. The fourth-order valence-corrected chi connectivity index (χ4v) is 4.75. The Hall–Kier alpha value is -1.66. The van der Waals surface area contributed by atoms with Crippen molar-refractivity contribution < 1.29 is 9.59 Å². The van der Waals surface area contributed by atoms with Crippen molar-refractivity contribution in [1.29, 1.82) is 0 Å². The highest BCUT2D eigenvalue weighted by molar-refractivity contribution is 7.08. The molecule has 2 amide bonds. The lowest BCUT2D eigenvalue weighted by Crippen LogP contribution is -2.43. The Bertz CT molecular complexity index is 665. The number of amides is 2. The Balaban J connectivity index is 1.48. The van der Waals surface area contributed by atoms with E-state index in [4.69, 9.17) is 0 Å². The van der Waals surface area contributed by atoms with Crippen LogP contribution >= 0.6 is 22.7 Å². The predicted octanol–water partition coefficient (Wildman–Crippen LogP) is 3.90. The maximum atomic E-state index is 12.3. The van der Waals surface area contributed by atoms with Crippen molar-refractivity contribution in [3.8, 4) is 0 Å². The molecule has 2 N–H and O–H groups in total. The molecule has 24 heavy (non-hydrogen) atoms. The summed E-state index contributed by atoms with van der Waals surface area (Å²) in [5.41, 5.74) is 3.63. The zero-order valence-corrected chi connectivity index (χ0v) is 15.6. The minimum absolute atomic E-state index is 0.0233. The summed E-state index contributed by atoms with van der Waals surface area (Å²) in [7, 11) is 0. The molecule has 0 aliphatic heterocycles. The van der Waals surface area contributed by atoms with Crippen LogP contribution in [0.4, 0.5) is 0 Å². The molecule has 0 saturated heterocycles. The molecule has 4 nitrogen and oxygen atoms in total. The molecule has 1 fully saturated rings. The number of aryl methyl sites for hydroxylation is 2. The molecule has 0 atom stereocenters. The smallest absolute Gasteiger partial charge is 0.252 e. The van der Waals surface area contributed by atoms with Gasteiger partial charge in [-0.3, -0.25) is 9.59 Å². The fraction of sp³-hybridized carbons (Fsp3) is 0.444. The average Bonchev–Trinajstić information content (AvgIpc) is 3.17. The predicted molar refractivity (Wildman–Crippen MR) is 99.1 cm³/mol. The van der Waals surface area contributed by atoms with E-state index in [0.29, 0.717) is 0 Å². The Morgan fingerprint density at radius 2 is 1.17 bits per heavy atom. The van der Waals surface area contributed by atoms with Gasteiger partial charge in [0.05, 0.1) is 11.1 Å². The van der Waals surface area contributed by atoms with E-state index in [2.05, 4.69) is 10.6 Å². The van der Waals surface area contributed by atoms with E-state index >= 15 is 0 Å². The monoisotopic (exact) mass is 362 g/mol. The number of rotatable bonds is 4. The third-order valence-corrected chi connectivity index (χ3v) is 6.32. The van der Waals surface area contributed by atoms with Crippen molar-refractivity contribution in [3.63, 3.8) is 0 Å². The van der Waals surface area contributed by atoms with Gasteiger partial charge in [-0.25, -0.2) is 0 Å². The van der Waals surface area contributed by atoms with Gasteiger partial charge in [-0.2, -0.15) is 22.7 Å². The Labute approximate surface area is 150 Å². The largest absolute Gasteiger partial charge is 0.349 e. The highest BCUT2D eigenvalue weighted by Crippen LogP contribution is 2.21. The minimum Gasteiger partial charge on any atom is -0.349 e. The van der Waals surface area contributed by atoms with Gasteiger partial charge < -0.3 is 10.6 Å². The highest BCUT2D eigenvalue weighted by atomic mass is 32.1. The number of carbonyl (C=O) groups excluding carboxylic acids is 2. The molecule has 0 radical (unpaired) electrons. The van der Waals surface area contributed by atoms with Gasteiger partial charge in [-0.1, -0.05) is 0 Å². The molecule has 0 spiro atoms. The van der Waals surface area contributed by atoms with Gasteiger partial charge in [0, 0.05) is 22.8 Å². The van der Waals surface area contributed by atoms with Crippen molar-refractivity contribution in [2.45, 2.75) is 51.6 Å². The molecule has 6 heteroatoms. The molecule has 0 unspecified atom stereocenters. The Morgan fingerprint density at radius 3 is 1.46 bits per heavy atom. The molecule has 1 saturated carbocycles. The van der Waals surface area contributed by atoms with Crippen molar-refractivity contribution in [2.75, 3.05) is 0 Å². The van der Waals surface area contributed by atoms with Gasteiger partial charge in [0.2, 0.25) is 0 Å². The zero-order chi connectivity index (χ0) is 17.1. The summed E-state index contributed by atoms with van der Waals surface area (Å²) in [4.78, 5) is 24.5. The van der Waals surface area contributed by atoms with Gasteiger partial charge in [0.25, 0.3) is 11.8 Å². The first-order valence-corrected chi connectivity index (χ1v) is 10.1. The van der Waals surface area contributed by atoms with Crippen LogP contribution in [-0.2, 0) is 0 Å². The fourth-order valence-electron chi connectivity index (χ4n) is 3.09. The lowest BCUT2D eigenvalue weighted by molar-refractivity contribution is 0.0892. The molecule has 128 valence electrons. The third-order valence-electron chi connectivity index (χ3n) is 4.60. The third kappa shape index (κ3) is 3.87. The molecule has 3 rings (SSSR count). The summed E-state index contributed by atoms with van der Waals surface area (Å²) in [5, 5.41) is 14.1. The van der Waals surface area contributed by atoms with Gasteiger partial charge in [-0.05, 0) is 61.4 Å². The second-order valence-corrected chi connectivity index (χ2v) is 7.92. The normalized spacial score (nSPS) is 20.6. The summed E-state index contributed by atoms with van der Waals surface area (Å²) in [6, 6.07) is 0.403. The van der Waals surface area contributed by atoms with Crippen LogP contribution in [0.2, 0.25) is 0 Å². The molecule has 1 aliphatic carbocycles. The van der Waals surface area contributed by atoms with E-state index in [9.17, 15) is 9.59 Å². The number of nitrogens with one attached hydrogen (secondary N) is 2. The van der Waals surface area contributed by atoms with Gasteiger partial charge >= 0.3 is 0 Å². The molecular weight excluding hydrogens is 340 g/mol. The lowest BCUT2D eigenvalue weighted by Gasteiger charge is -2.29. The Morgan fingerprint density at radius 1 is 0.792 bits per heavy atom. The van der Waals surface area contributed by atoms with Gasteiger partial charge in [0.1, 0.15) is 0 Å². The van der Waals surface area contributed by atoms with E-state index in [1.54, 1.807) is 22.7 Å². The quantitative estimate of drug-likeness (QED) is 0.867. The number of carbonyl (C=O) groups is 2. The van der Waals surface area contributed by atoms with Crippen LogP contribution in [0.1, 0.15) is 57.5 Å². The molecule has 2 aromatic heterocycles. The topological polar surface area (TPSA) is 58.2 Å². The molecular formula is C18H22N2O2S2. The van der Waals surface area contributed by atoms with Crippen molar-refractivity contribution in [2.24, 2.45) is 0 Å².